The zero-order valence-corrected chi connectivity index (χ0v) is 26.4. The Morgan fingerprint density at radius 1 is 0.976 bits per heavy atom. The molecule has 0 bridgehead atoms. The summed E-state index contributed by atoms with van der Waals surface area (Å²) >= 11 is 3.60. The molecule has 0 aliphatic carbocycles. The summed E-state index contributed by atoms with van der Waals surface area (Å²) in [7, 11) is 5.64. The fourth-order valence-corrected chi connectivity index (χ4v) is 6.09. The number of piperidine rings is 1. The van der Waals surface area contributed by atoms with Gasteiger partial charge in [0.1, 0.15) is 11.6 Å². The molecule has 2 saturated heterocycles. The van der Waals surface area contributed by atoms with Crippen LogP contribution < -0.4 is 20.3 Å². The van der Waals surface area contributed by atoms with Gasteiger partial charge in [0.15, 0.2) is 0 Å². The summed E-state index contributed by atoms with van der Waals surface area (Å²) in [6, 6.07) is 13.0. The summed E-state index contributed by atoms with van der Waals surface area (Å²) in [4.78, 5) is 16.9. The second-order valence-electron chi connectivity index (χ2n) is 11.0. The maximum Gasteiger partial charge on any atom is 0.229 e. The number of benzene rings is 2. The lowest BCUT2D eigenvalue weighted by Crippen LogP contribution is -2.52. The molecule has 0 radical (unpaired) electrons. The number of likely N-dealkylation sites (N-methyl/N-ethyl adjacent to an activating group) is 1. The van der Waals surface area contributed by atoms with Crippen LogP contribution in [0.1, 0.15) is 37.0 Å². The number of aryl methyl sites for hydroxylation is 1. The minimum absolute atomic E-state index is 0.0553. The van der Waals surface area contributed by atoms with Crippen LogP contribution in [0.5, 0.6) is 5.75 Å². The molecule has 10 heteroatoms. The normalized spacial score (nSPS) is 17.9. The molecule has 0 saturated carbocycles. The minimum Gasteiger partial charge on any atom is -0.494 e. The Morgan fingerprint density at radius 3 is 2.41 bits per heavy atom. The number of aromatic nitrogens is 2. The largest absolute Gasteiger partial charge is 0.494 e. The maximum absolute atomic E-state index is 5.84. The van der Waals surface area contributed by atoms with E-state index in [1.54, 1.807) is 20.4 Å². The molecule has 2 N–H and O–H groups in total. The number of nitrogens with zero attached hydrogens (tertiary/aromatic N) is 5. The predicted octanol–water partition coefficient (Wildman–Crippen LogP) is 5.97. The van der Waals surface area contributed by atoms with Crippen molar-refractivity contribution in [3.05, 3.63) is 58.2 Å². The van der Waals surface area contributed by atoms with E-state index in [4.69, 9.17) is 14.5 Å². The lowest BCUT2D eigenvalue weighted by Gasteiger charge is -2.43. The highest BCUT2D eigenvalue weighted by atomic mass is 79.9. The predicted molar refractivity (Wildman–Crippen MR) is 170 cm³/mol. The van der Waals surface area contributed by atoms with Gasteiger partial charge in [-0.1, -0.05) is 18.2 Å². The molecular formula is C31H42BrN7O2. The zero-order chi connectivity index (χ0) is 28.9. The first-order valence-corrected chi connectivity index (χ1v) is 15.2. The molecule has 0 amide bonds. The Kier molecular flexibility index (Phi) is 9.64. The first-order chi connectivity index (χ1) is 19.9. The van der Waals surface area contributed by atoms with Crippen LogP contribution in [-0.2, 0) is 4.74 Å². The highest BCUT2D eigenvalue weighted by Crippen LogP contribution is 2.37. The standard InChI is InChI=1S/C31H42BrN7O2/c1-21-18-27(29(41-5)19-28(21)39-12-10-23(11-13-39)38-16-14-37(3)15-17-38)35-31-33-20-25(32)30(36-31)34-26-9-7-6-8-24(26)22(2)40-4/h6-9,18-20,22-23H,10-17H2,1-5H3,(H2,33,34,35,36). The van der Waals surface area contributed by atoms with Gasteiger partial charge >= 0.3 is 0 Å². The molecule has 0 spiro atoms. The third-order valence-electron chi connectivity index (χ3n) is 8.37. The molecule has 3 aromatic rings. The van der Waals surface area contributed by atoms with Crippen molar-refractivity contribution in [3.8, 4) is 5.75 Å². The summed E-state index contributed by atoms with van der Waals surface area (Å²) in [6.45, 7) is 11.0. The number of halogens is 1. The molecule has 3 heterocycles. The van der Waals surface area contributed by atoms with Gasteiger partial charge in [0.05, 0.1) is 23.4 Å². The fraction of sp³-hybridized carbons (Fsp3) is 0.484. The van der Waals surface area contributed by atoms with Gasteiger partial charge in [-0.2, -0.15) is 4.98 Å². The Labute approximate surface area is 252 Å². The molecular weight excluding hydrogens is 582 g/mol. The smallest absolute Gasteiger partial charge is 0.229 e. The van der Waals surface area contributed by atoms with Crippen molar-refractivity contribution in [3.63, 3.8) is 0 Å². The van der Waals surface area contributed by atoms with Crippen LogP contribution in [-0.4, -0.2) is 86.3 Å². The van der Waals surface area contributed by atoms with E-state index < -0.39 is 0 Å². The molecule has 2 aliphatic rings. The lowest BCUT2D eigenvalue weighted by molar-refractivity contribution is 0.0982. The van der Waals surface area contributed by atoms with Crippen LogP contribution in [0.15, 0.2) is 47.1 Å². The third kappa shape index (κ3) is 6.94. The molecule has 41 heavy (non-hydrogen) atoms. The quantitative estimate of drug-likeness (QED) is 0.300. The second-order valence-corrected chi connectivity index (χ2v) is 11.9. The number of methoxy groups -OCH3 is 2. The Morgan fingerprint density at radius 2 is 1.71 bits per heavy atom. The van der Waals surface area contributed by atoms with Crippen molar-refractivity contribution in [1.29, 1.82) is 0 Å². The van der Waals surface area contributed by atoms with Crippen LogP contribution in [0.3, 0.4) is 0 Å². The molecule has 1 unspecified atom stereocenters. The average Bonchev–Trinajstić information content (AvgIpc) is 2.99. The van der Waals surface area contributed by atoms with E-state index in [1.165, 1.54) is 50.3 Å². The molecule has 220 valence electrons. The molecule has 1 atom stereocenters. The van der Waals surface area contributed by atoms with Crippen LogP contribution in [0.2, 0.25) is 0 Å². The molecule has 2 aliphatic heterocycles. The van der Waals surface area contributed by atoms with E-state index in [0.29, 0.717) is 17.8 Å². The van der Waals surface area contributed by atoms with E-state index in [-0.39, 0.29) is 6.10 Å². The van der Waals surface area contributed by atoms with Crippen LogP contribution >= 0.6 is 15.9 Å². The second kappa shape index (κ2) is 13.4. The number of nitrogens with one attached hydrogen (secondary N) is 2. The van der Waals surface area contributed by atoms with Crippen molar-refractivity contribution in [2.75, 3.05) is 76.1 Å². The number of hydrogen-bond acceptors (Lipinski definition) is 9. The number of piperazine rings is 1. The summed E-state index contributed by atoms with van der Waals surface area (Å²) in [6.07, 6.45) is 4.08. The summed E-state index contributed by atoms with van der Waals surface area (Å²) < 4.78 is 12.2. The van der Waals surface area contributed by atoms with Gasteiger partial charge in [-0.05, 0) is 67.4 Å². The molecule has 2 fully saturated rings. The van der Waals surface area contributed by atoms with Crippen molar-refractivity contribution >= 4 is 44.8 Å². The Balaban J connectivity index is 1.30. The minimum atomic E-state index is -0.0553. The van der Waals surface area contributed by atoms with Crippen LogP contribution in [0.25, 0.3) is 0 Å². The Hall–Kier alpha value is -2.92. The van der Waals surface area contributed by atoms with Crippen molar-refractivity contribution < 1.29 is 9.47 Å². The van der Waals surface area contributed by atoms with E-state index in [0.717, 1.165) is 40.2 Å². The van der Waals surface area contributed by atoms with Gasteiger partial charge in [0.25, 0.3) is 0 Å². The topological polar surface area (TPSA) is 78.0 Å². The monoisotopic (exact) mass is 623 g/mol. The maximum atomic E-state index is 5.84. The highest BCUT2D eigenvalue weighted by Gasteiger charge is 2.27. The van der Waals surface area contributed by atoms with Crippen LogP contribution in [0.4, 0.5) is 28.8 Å². The number of hydrogen-bond donors (Lipinski definition) is 2. The lowest BCUT2D eigenvalue weighted by atomic mass is 10.0. The van der Waals surface area contributed by atoms with Gasteiger partial charge in [-0.3, -0.25) is 4.90 Å². The Bertz CT molecular complexity index is 1320. The van der Waals surface area contributed by atoms with Gasteiger partial charge < -0.3 is 29.9 Å². The van der Waals surface area contributed by atoms with E-state index in [2.05, 4.69) is 78.4 Å². The number of rotatable bonds is 9. The van der Waals surface area contributed by atoms with E-state index in [9.17, 15) is 0 Å². The average molecular weight is 625 g/mol. The number of anilines is 5. The molecule has 5 rings (SSSR count). The fourth-order valence-electron chi connectivity index (χ4n) is 5.80. The number of ether oxygens (including phenoxy) is 2. The van der Waals surface area contributed by atoms with Crippen molar-refractivity contribution in [2.45, 2.75) is 38.8 Å². The molecule has 9 nitrogen and oxygen atoms in total. The van der Waals surface area contributed by atoms with Crippen molar-refractivity contribution in [1.82, 2.24) is 19.8 Å². The third-order valence-corrected chi connectivity index (χ3v) is 8.95. The summed E-state index contributed by atoms with van der Waals surface area (Å²) in [5.41, 5.74) is 5.25. The van der Waals surface area contributed by atoms with Gasteiger partial charge in [0, 0.05) is 81.6 Å². The van der Waals surface area contributed by atoms with Crippen LogP contribution in [0, 0.1) is 6.92 Å². The zero-order valence-electron chi connectivity index (χ0n) is 24.8. The molecule has 1 aromatic heterocycles. The summed E-state index contributed by atoms with van der Waals surface area (Å²) in [5.74, 6) is 1.91. The summed E-state index contributed by atoms with van der Waals surface area (Å²) in [5, 5.41) is 6.83. The van der Waals surface area contributed by atoms with Crippen molar-refractivity contribution in [2.24, 2.45) is 0 Å². The first-order valence-electron chi connectivity index (χ1n) is 14.4. The van der Waals surface area contributed by atoms with Gasteiger partial charge in [-0.15, -0.1) is 0 Å². The highest BCUT2D eigenvalue weighted by molar-refractivity contribution is 9.10. The van der Waals surface area contributed by atoms with E-state index >= 15 is 0 Å². The van der Waals surface area contributed by atoms with E-state index in [1.807, 2.05) is 25.1 Å². The van der Waals surface area contributed by atoms with Gasteiger partial charge in [0.2, 0.25) is 5.95 Å². The molecule has 2 aromatic carbocycles. The van der Waals surface area contributed by atoms with Gasteiger partial charge in [-0.25, -0.2) is 4.98 Å². The SMILES string of the molecule is COc1cc(N2CCC(N3CCN(C)CC3)CC2)c(C)cc1Nc1ncc(Br)c(Nc2ccccc2C(C)OC)n1. The number of para-hydroxylation sites is 1. The first kappa shape index (κ1) is 29.6.